The lowest BCUT2D eigenvalue weighted by atomic mass is 9.85. The van der Waals surface area contributed by atoms with Crippen LogP contribution < -0.4 is 5.32 Å². The summed E-state index contributed by atoms with van der Waals surface area (Å²) in [6, 6.07) is 10.2. The van der Waals surface area contributed by atoms with E-state index in [-0.39, 0.29) is 0 Å². The molecule has 1 aliphatic heterocycles. The topological polar surface area (TPSA) is 15.3 Å². The van der Waals surface area contributed by atoms with Crippen molar-refractivity contribution < 1.29 is 0 Å². The van der Waals surface area contributed by atoms with Crippen LogP contribution in [0.4, 0.5) is 0 Å². The van der Waals surface area contributed by atoms with E-state index in [4.69, 9.17) is 0 Å². The largest absolute Gasteiger partial charge is 0.314 e. The molecule has 2 fully saturated rings. The summed E-state index contributed by atoms with van der Waals surface area (Å²) >= 11 is 3.61. The van der Waals surface area contributed by atoms with Gasteiger partial charge in [0.1, 0.15) is 0 Å². The van der Waals surface area contributed by atoms with Gasteiger partial charge in [0.25, 0.3) is 0 Å². The molecule has 0 bridgehead atoms. The fourth-order valence-electron chi connectivity index (χ4n) is 3.30. The van der Waals surface area contributed by atoms with Crippen molar-refractivity contribution >= 4 is 15.9 Å². The Labute approximate surface area is 124 Å². The third-order valence-corrected chi connectivity index (χ3v) is 4.94. The van der Waals surface area contributed by atoms with Gasteiger partial charge in [0.2, 0.25) is 0 Å². The predicted octanol–water partition coefficient (Wildman–Crippen LogP) is 3.58. The van der Waals surface area contributed by atoms with Gasteiger partial charge in [-0.1, -0.05) is 28.1 Å². The Morgan fingerprint density at radius 1 is 1.32 bits per heavy atom. The van der Waals surface area contributed by atoms with Crippen molar-refractivity contribution in [2.24, 2.45) is 5.92 Å². The predicted molar refractivity (Wildman–Crippen MR) is 83.3 cm³/mol. The molecule has 1 N–H and O–H groups in total. The van der Waals surface area contributed by atoms with Gasteiger partial charge in [-0.05, 0) is 62.9 Å². The number of likely N-dealkylation sites (tertiary alicyclic amines) is 1. The molecule has 0 spiro atoms. The number of nitrogens with one attached hydrogen (secondary N) is 1. The number of hydrogen-bond acceptors (Lipinski definition) is 2. The number of hydrogen-bond donors (Lipinski definition) is 1. The van der Waals surface area contributed by atoms with Crippen molar-refractivity contribution in [1.82, 2.24) is 10.2 Å². The maximum Gasteiger partial charge on any atom is 0.0385 e. The summed E-state index contributed by atoms with van der Waals surface area (Å²) in [7, 11) is 2.27. The Hall–Kier alpha value is -0.380. The highest BCUT2D eigenvalue weighted by Crippen LogP contribution is 2.36. The minimum atomic E-state index is 0.567. The highest BCUT2D eigenvalue weighted by Gasteiger charge is 2.32. The first kappa shape index (κ1) is 13.6. The van der Waals surface area contributed by atoms with Gasteiger partial charge < -0.3 is 5.32 Å². The second-order valence-electron chi connectivity index (χ2n) is 6.07. The Morgan fingerprint density at radius 2 is 2.16 bits per heavy atom. The van der Waals surface area contributed by atoms with Gasteiger partial charge in [-0.2, -0.15) is 0 Å². The zero-order chi connectivity index (χ0) is 13.2. The average Bonchev–Trinajstić information content (AvgIpc) is 3.20. The summed E-state index contributed by atoms with van der Waals surface area (Å²) in [5, 5.41) is 3.72. The van der Waals surface area contributed by atoms with Gasteiger partial charge in [-0.3, -0.25) is 4.90 Å². The number of nitrogens with zero attached hydrogens (tertiary/aromatic N) is 1. The van der Waals surface area contributed by atoms with Crippen LogP contribution >= 0.6 is 15.9 Å². The Morgan fingerprint density at radius 3 is 2.89 bits per heavy atom. The molecule has 2 aliphatic rings. The monoisotopic (exact) mass is 322 g/mol. The molecule has 3 rings (SSSR count). The molecular weight excluding hydrogens is 300 g/mol. The lowest BCUT2D eigenvalue weighted by Crippen LogP contribution is -2.40. The lowest BCUT2D eigenvalue weighted by Gasteiger charge is -2.40. The molecule has 1 aromatic carbocycles. The Balaban J connectivity index is 1.75. The summed E-state index contributed by atoms with van der Waals surface area (Å²) in [4.78, 5) is 2.53. The molecule has 104 valence electrons. The molecule has 19 heavy (non-hydrogen) atoms. The number of piperidine rings is 1. The number of halogens is 1. The van der Waals surface area contributed by atoms with E-state index in [9.17, 15) is 0 Å². The third kappa shape index (κ3) is 3.39. The summed E-state index contributed by atoms with van der Waals surface area (Å²) in [5.41, 5.74) is 1.46. The molecule has 0 amide bonds. The van der Waals surface area contributed by atoms with Gasteiger partial charge in [0.15, 0.2) is 0 Å². The van der Waals surface area contributed by atoms with E-state index >= 15 is 0 Å². The SMILES string of the molecule is CN1CCCC(CNC2CC2)C1c1cccc(Br)c1. The molecule has 2 unspecified atom stereocenters. The highest BCUT2D eigenvalue weighted by molar-refractivity contribution is 9.10. The Bertz CT molecular complexity index is 431. The van der Waals surface area contributed by atoms with E-state index in [1.807, 2.05) is 0 Å². The van der Waals surface area contributed by atoms with E-state index in [1.165, 1.54) is 48.8 Å². The van der Waals surface area contributed by atoms with Gasteiger partial charge in [-0.15, -0.1) is 0 Å². The highest BCUT2D eigenvalue weighted by atomic mass is 79.9. The quantitative estimate of drug-likeness (QED) is 0.911. The smallest absolute Gasteiger partial charge is 0.0385 e. The standard InChI is InChI=1S/C16H23BrN2/c1-19-9-3-5-13(11-18-15-7-8-15)16(19)12-4-2-6-14(17)10-12/h2,4,6,10,13,15-16,18H,3,5,7-9,11H2,1H3. The number of benzene rings is 1. The van der Waals surface area contributed by atoms with E-state index < -0.39 is 0 Å². The van der Waals surface area contributed by atoms with Crippen LogP contribution in [0.3, 0.4) is 0 Å². The minimum Gasteiger partial charge on any atom is -0.314 e. The summed E-state index contributed by atoms with van der Waals surface area (Å²) < 4.78 is 1.19. The molecule has 1 saturated heterocycles. The fraction of sp³-hybridized carbons (Fsp3) is 0.625. The molecule has 1 aromatic rings. The van der Waals surface area contributed by atoms with Crippen LogP contribution in [0, 0.1) is 5.92 Å². The maximum absolute atomic E-state index is 3.72. The molecule has 1 heterocycles. The van der Waals surface area contributed by atoms with Crippen molar-refractivity contribution in [3.05, 3.63) is 34.3 Å². The van der Waals surface area contributed by atoms with Crippen molar-refractivity contribution in [2.45, 2.75) is 37.8 Å². The molecule has 3 heteroatoms. The second-order valence-corrected chi connectivity index (χ2v) is 6.98. The van der Waals surface area contributed by atoms with Crippen LogP contribution in [0.2, 0.25) is 0 Å². The molecule has 2 nitrogen and oxygen atoms in total. The van der Waals surface area contributed by atoms with Crippen LogP contribution in [-0.4, -0.2) is 31.1 Å². The fourth-order valence-corrected chi connectivity index (χ4v) is 3.71. The van der Waals surface area contributed by atoms with Crippen LogP contribution in [0.5, 0.6) is 0 Å². The molecule has 2 atom stereocenters. The van der Waals surface area contributed by atoms with Gasteiger partial charge in [-0.25, -0.2) is 0 Å². The third-order valence-electron chi connectivity index (χ3n) is 4.44. The average molecular weight is 323 g/mol. The van der Waals surface area contributed by atoms with Gasteiger partial charge in [0, 0.05) is 23.1 Å². The van der Waals surface area contributed by atoms with Crippen molar-refractivity contribution in [3.63, 3.8) is 0 Å². The summed E-state index contributed by atoms with van der Waals surface area (Å²) in [6.45, 7) is 2.39. The van der Waals surface area contributed by atoms with Crippen LogP contribution in [0.15, 0.2) is 28.7 Å². The second kappa shape index (κ2) is 5.94. The van der Waals surface area contributed by atoms with Gasteiger partial charge in [0.05, 0.1) is 0 Å². The van der Waals surface area contributed by atoms with E-state index in [1.54, 1.807) is 0 Å². The van der Waals surface area contributed by atoms with Crippen LogP contribution in [0.25, 0.3) is 0 Å². The van der Waals surface area contributed by atoms with Crippen molar-refractivity contribution in [2.75, 3.05) is 20.1 Å². The first-order valence-corrected chi connectivity index (χ1v) is 8.22. The van der Waals surface area contributed by atoms with Crippen LogP contribution in [-0.2, 0) is 0 Å². The Kier molecular flexibility index (Phi) is 4.25. The summed E-state index contributed by atoms with van der Waals surface area (Å²) in [5.74, 6) is 0.744. The van der Waals surface area contributed by atoms with Crippen LogP contribution in [0.1, 0.15) is 37.3 Å². The summed E-state index contributed by atoms with van der Waals surface area (Å²) in [6.07, 6.45) is 5.44. The van der Waals surface area contributed by atoms with Crippen molar-refractivity contribution in [1.29, 1.82) is 0 Å². The van der Waals surface area contributed by atoms with E-state index in [0.29, 0.717) is 6.04 Å². The van der Waals surface area contributed by atoms with E-state index in [0.717, 1.165) is 12.0 Å². The first-order chi connectivity index (χ1) is 9.24. The maximum atomic E-state index is 3.72. The normalized spacial score (nSPS) is 28.5. The number of rotatable bonds is 4. The van der Waals surface area contributed by atoms with Crippen molar-refractivity contribution in [3.8, 4) is 0 Å². The molecule has 1 saturated carbocycles. The first-order valence-electron chi connectivity index (χ1n) is 7.43. The zero-order valence-electron chi connectivity index (χ0n) is 11.6. The zero-order valence-corrected chi connectivity index (χ0v) is 13.2. The minimum absolute atomic E-state index is 0.567. The molecular formula is C16H23BrN2. The van der Waals surface area contributed by atoms with Gasteiger partial charge >= 0.3 is 0 Å². The van der Waals surface area contributed by atoms with E-state index in [2.05, 4.69) is 57.5 Å². The lowest BCUT2D eigenvalue weighted by molar-refractivity contribution is 0.119. The molecule has 0 radical (unpaired) electrons. The molecule has 1 aliphatic carbocycles. The molecule has 0 aromatic heterocycles.